The van der Waals surface area contributed by atoms with E-state index in [4.69, 9.17) is 4.74 Å². The average Bonchev–Trinajstić information content (AvgIpc) is 2.70. The lowest BCUT2D eigenvalue weighted by Crippen LogP contribution is -2.43. The maximum Gasteiger partial charge on any atom is 0.227 e. The normalized spacial score (nSPS) is 14.7. The summed E-state index contributed by atoms with van der Waals surface area (Å²) in [7, 11) is 0. The molecule has 0 radical (unpaired) electrons. The Morgan fingerprint density at radius 1 is 1.03 bits per heavy atom. The zero-order valence-corrected chi connectivity index (χ0v) is 18.3. The van der Waals surface area contributed by atoms with Crippen LogP contribution in [0.15, 0.2) is 54.6 Å². The number of carbonyl (C=O) groups is 1. The van der Waals surface area contributed by atoms with Crippen LogP contribution in [0.5, 0.6) is 5.75 Å². The SMILES string of the molecule is CCCC(C)COc1ccc([C@@H](NC(=O)[C@@H](C)c2ccccc2)C(C)(C)O)cc1. The molecule has 29 heavy (non-hydrogen) atoms. The molecule has 0 saturated heterocycles. The van der Waals surface area contributed by atoms with Crippen molar-refractivity contribution in [1.29, 1.82) is 0 Å². The Hall–Kier alpha value is -2.33. The molecule has 0 heterocycles. The van der Waals surface area contributed by atoms with Crippen LogP contribution in [-0.4, -0.2) is 23.2 Å². The van der Waals surface area contributed by atoms with Gasteiger partial charge in [-0.1, -0.05) is 62.7 Å². The number of nitrogens with one attached hydrogen (secondary N) is 1. The van der Waals surface area contributed by atoms with Crippen LogP contribution >= 0.6 is 0 Å². The van der Waals surface area contributed by atoms with E-state index >= 15 is 0 Å². The molecule has 2 N–H and O–H groups in total. The van der Waals surface area contributed by atoms with E-state index in [1.54, 1.807) is 13.8 Å². The summed E-state index contributed by atoms with van der Waals surface area (Å²) in [6.07, 6.45) is 2.29. The number of benzene rings is 2. The first-order valence-electron chi connectivity index (χ1n) is 10.5. The van der Waals surface area contributed by atoms with Crippen molar-refractivity contribution in [2.24, 2.45) is 5.92 Å². The minimum Gasteiger partial charge on any atom is -0.493 e. The molecule has 1 amide bonds. The topological polar surface area (TPSA) is 58.6 Å². The Morgan fingerprint density at radius 2 is 1.66 bits per heavy atom. The number of amides is 1. The van der Waals surface area contributed by atoms with E-state index < -0.39 is 11.6 Å². The molecule has 158 valence electrons. The van der Waals surface area contributed by atoms with Crippen molar-refractivity contribution in [3.05, 3.63) is 65.7 Å². The molecule has 4 nitrogen and oxygen atoms in total. The van der Waals surface area contributed by atoms with Crippen LogP contribution in [0.4, 0.5) is 0 Å². The van der Waals surface area contributed by atoms with Gasteiger partial charge in [-0.3, -0.25) is 4.79 Å². The second-order valence-electron chi connectivity index (χ2n) is 8.50. The molecule has 0 saturated carbocycles. The lowest BCUT2D eigenvalue weighted by atomic mass is 9.90. The molecule has 1 unspecified atom stereocenters. The first kappa shape index (κ1) is 23.0. The quantitative estimate of drug-likeness (QED) is 0.577. The molecule has 3 atom stereocenters. The van der Waals surface area contributed by atoms with Crippen LogP contribution in [0.1, 0.15) is 70.5 Å². The molecule has 2 aromatic carbocycles. The lowest BCUT2D eigenvalue weighted by molar-refractivity contribution is -0.125. The van der Waals surface area contributed by atoms with Crippen LogP contribution in [0.3, 0.4) is 0 Å². The van der Waals surface area contributed by atoms with E-state index in [0.29, 0.717) is 12.5 Å². The molecule has 0 aliphatic rings. The summed E-state index contributed by atoms with van der Waals surface area (Å²) in [5.74, 6) is 0.901. The third-order valence-corrected chi connectivity index (χ3v) is 5.22. The predicted octanol–water partition coefficient (Wildman–Crippen LogP) is 5.23. The summed E-state index contributed by atoms with van der Waals surface area (Å²) in [6, 6.07) is 16.8. The van der Waals surface area contributed by atoms with Gasteiger partial charge in [-0.25, -0.2) is 0 Å². The summed E-state index contributed by atoms with van der Waals surface area (Å²) >= 11 is 0. The third-order valence-electron chi connectivity index (χ3n) is 5.22. The summed E-state index contributed by atoms with van der Waals surface area (Å²) in [4.78, 5) is 12.8. The maximum atomic E-state index is 12.8. The van der Waals surface area contributed by atoms with Crippen molar-refractivity contribution in [3.8, 4) is 5.75 Å². The van der Waals surface area contributed by atoms with Crippen molar-refractivity contribution in [2.75, 3.05) is 6.61 Å². The first-order valence-corrected chi connectivity index (χ1v) is 10.5. The molecule has 0 bridgehead atoms. The minimum absolute atomic E-state index is 0.114. The summed E-state index contributed by atoms with van der Waals surface area (Å²) < 4.78 is 5.87. The van der Waals surface area contributed by atoms with E-state index in [1.165, 1.54) is 0 Å². The number of hydrogen-bond acceptors (Lipinski definition) is 3. The van der Waals surface area contributed by atoms with Crippen molar-refractivity contribution in [1.82, 2.24) is 5.32 Å². The monoisotopic (exact) mass is 397 g/mol. The smallest absolute Gasteiger partial charge is 0.227 e. The Kier molecular flexibility index (Phi) is 8.27. The molecule has 0 aliphatic carbocycles. The van der Waals surface area contributed by atoms with Gasteiger partial charge in [0.2, 0.25) is 5.91 Å². The van der Waals surface area contributed by atoms with Gasteiger partial charge in [-0.05, 0) is 56.4 Å². The van der Waals surface area contributed by atoms with Crippen LogP contribution in [-0.2, 0) is 4.79 Å². The van der Waals surface area contributed by atoms with E-state index in [0.717, 1.165) is 29.7 Å². The first-order chi connectivity index (χ1) is 13.7. The molecule has 2 rings (SSSR count). The van der Waals surface area contributed by atoms with Gasteiger partial charge >= 0.3 is 0 Å². The van der Waals surface area contributed by atoms with Gasteiger partial charge in [0.25, 0.3) is 0 Å². The van der Waals surface area contributed by atoms with Crippen LogP contribution < -0.4 is 10.1 Å². The van der Waals surface area contributed by atoms with Gasteiger partial charge in [-0.2, -0.15) is 0 Å². The summed E-state index contributed by atoms with van der Waals surface area (Å²) in [6.45, 7) is 10.3. The molecule has 0 fully saturated rings. The van der Waals surface area contributed by atoms with Crippen molar-refractivity contribution >= 4 is 5.91 Å². The van der Waals surface area contributed by atoms with Crippen LogP contribution in [0, 0.1) is 5.92 Å². The second-order valence-corrected chi connectivity index (χ2v) is 8.50. The largest absolute Gasteiger partial charge is 0.493 e. The minimum atomic E-state index is -1.11. The zero-order chi connectivity index (χ0) is 21.4. The number of carbonyl (C=O) groups excluding carboxylic acids is 1. The fourth-order valence-corrected chi connectivity index (χ4v) is 3.40. The van der Waals surface area contributed by atoms with Crippen molar-refractivity contribution < 1.29 is 14.6 Å². The maximum absolute atomic E-state index is 12.8. The predicted molar refractivity (Wildman–Crippen MR) is 118 cm³/mol. The van der Waals surface area contributed by atoms with Gasteiger partial charge in [0, 0.05) is 0 Å². The van der Waals surface area contributed by atoms with Gasteiger partial charge in [-0.15, -0.1) is 0 Å². The van der Waals surface area contributed by atoms with Crippen molar-refractivity contribution in [3.63, 3.8) is 0 Å². The number of rotatable bonds is 10. The number of ether oxygens (including phenoxy) is 1. The van der Waals surface area contributed by atoms with E-state index in [9.17, 15) is 9.90 Å². The highest BCUT2D eigenvalue weighted by molar-refractivity contribution is 5.83. The van der Waals surface area contributed by atoms with Gasteiger partial charge in [0.1, 0.15) is 5.75 Å². The van der Waals surface area contributed by atoms with Crippen molar-refractivity contribution in [2.45, 2.75) is 65.0 Å². The Morgan fingerprint density at radius 3 is 2.21 bits per heavy atom. The summed E-state index contributed by atoms with van der Waals surface area (Å²) in [5, 5.41) is 13.7. The van der Waals surface area contributed by atoms with E-state index in [1.807, 2.05) is 61.5 Å². The number of hydrogen-bond donors (Lipinski definition) is 2. The molecule has 4 heteroatoms. The molecular weight excluding hydrogens is 362 g/mol. The molecule has 2 aromatic rings. The van der Waals surface area contributed by atoms with E-state index in [2.05, 4.69) is 19.2 Å². The van der Waals surface area contributed by atoms with Gasteiger partial charge < -0.3 is 15.2 Å². The summed E-state index contributed by atoms with van der Waals surface area (Å²) in [5.41, 5.74) is 0.689. The van der Waals surface area contributed by atoms with E-state index in [-0.39, 0.29) is 11.8 Å². The highest BCUT2D eigenvalue weighted by Crippen LogP contribution is 2.28. The molecule has 0 aliphatic heterocycles. The molecule has 0 aromatic heterocycles. The standard InChI is InChI=1S/C25H35NO3/c1-6-10-18(2)17-29-22-15-13-21(14-16-22)23(25(4,5)28)26-24(27)19(3)20-11-8-7-9-12-20/h7-9,11-16,18-19,23,28H,6,10,17H2,1-5H3,(H,26,27)/t18?,19-,23+/m0/s1. The highest BCUT2D eigenvalue weighted by Gasteiger charge is 2.31. The van der Waals surface area contributed by atoms with Crippen LogP contribution in [0.25, 0.3) is 0 Å². The number of aliphatic hydroxyl groups is 1. The molecular formula is C25H35NO3. The third kappa shape index (κ3) is 6.90. The Balaban J connectivity index is 2.09. The lowest BCUT2D eigenvalue weighted by Gasteiger charge is -2.31. The Bertz CT molecular complexity index is 750. The fraction of sp³-hybridized carbons (Fsp3) is 0.480. The van der Waals surface area contributed by atoms with Gasteiger partial charge in [0.15, 0.2) is 0 Å². The average molecular weight is 398 g/mol. The molecule has 0 spiro atoms. The highest BCUT2D eigenvalue weighted by atomic mass is 16.5. The fourth-order valence-electron chi connectivity index (χ4n) is 3.40. The Labute approximate surface area is 175 Å². The van der Waals surface area contributed by atoms with Gasteiger partial charge in [0.05, 0.1) is 24.2 Å². The second kappa shape index (κ2) is 10.4. The zero-order valence-electron chi connectivity index (χ0n) is 18.3. The van der Waals surface area contributed by atoms with Crippen LogP contribution in [0.2, 0.25) is 0 Å².